The second-order valence-corrected chi connectivity index (χ2v) is 4.92. The maximum Gasteiger partial charge on any atom is 0.0660 e. The van der Waals surface area contributed by atoms with Crippen LogP contribution < -0.4 is 11.3 Å². The zero-order valence-corrected chi connectivity index (χ0v) is 9.89. The molecule has 2 rings (SSSR count). The molecule has 1 saturated carbocycles. The van der Waals surface area contributed by atoms with Crippen LogP contribution in [-0.2, 0) is 0 Å². The summed E-state index contributed by atoms with van der Waals surface area (Å²) < 4.78 is 0. The standard InChI is InChI=1S/C13H21N3/c1-10-5-7-11(8-6-10)13(16-14)12-4-2-3-9-15-12/h2-4,9-11,13,16H,5-8,14H2,1H3. The van der Waals surface area contributed by atoms with Crippen molar-refractivity contribution in [3.8, 4) is 0 Å². The molecule has 1 aliphatic rings. The average molecular weight is 219 g/mol. The van der Waals surface area contributed by atoms with Gasteiger partial charge in [-0.3, -0.25) is 16.3 Å². The van der Waals surface area contributed by atoms with E-state index in [1.807, 2.05) is 18.3 Å². The van der Waals surface area contributed by atoms with Crippen LogP contribution in [-0.4, -0.2) is 4.98 Å². The van der Waals surface area contributed by atoms with E-state index < -0.39 is 0 Å². The minimum absolute atomic E-state index is 0.216. The van der Waals surface area contributed by atoms with E-state index in [1.165, 1.54) is 25.7 Å². The van der Waals surface area contributed by atoms with E-state index in [9.17, 15) is 0 Å². The molecule has 1 aliphatic carbocycles. The Kier molecular flexibility index (Phi) is 3.91. The fraction of sp³-hybridized carbons (Fsp3) is 0.615. The highest BCUT2D eigenvalue weighted by molar-refractivity contribution is 5.10. The molecule has 0 spiro atoms. The average Bonchev–Trinajstić information content (AvgIpc) is 2.34. The van der Waals surface area contributed by atoms with Crippen LogP contribution in [0.2, 0.25) is 0 Å². The van der Waals surface area contributed by atoms with E-state index in [0.717, 1.165) is 11.6 Å². The van der Waals surface area contributed by atoms with Crippen LogP contribution >= 0.6 is 0 Å². The number of hydrazine groups is 1. The highest BCUT2D eigenvalue weighted by Gasteiger charge is 2.26. The third kappa shape index (κ3) is 2.60. The van der Waals surface area contributed by atoms with Gasteiger partial charge >= 0.3 is 0 Å². The van der Waals surface area contributed by atoms with E-state index in [0.29, 0.717) is 5.92 Å². The Morgan fingerprint density at radius 3 is 2.62 bits per heavy atom. The van der Waals surface area contributed by atoms with Gasteiger partial charge in [0.15, 0.2) is 0 Å². The highest BCUT2D eigenvalue weighted by atomic mass is 15.2. The van der Waals surface area contributed by atoms with Crippen LogP contribution in [0, 0.1) is 11.8 Å². The van der Waals surface area contributed by atoms with Crippen molar-refractivity contribution in [1.82, 2.24) is 10.4 Å². The van der Waals surface area contributed by atoms with Crippen LogP contribution in [0.1, 0.15) is 44.3 Å². The fourth-order valence-electron chi connectivity index (χ4n) is 2.64. The summed E-state index contributed by atoms with van der Waals surface area (Å²) in [7, 11) is 0. The first-order valence-electron chi connectivity index (χ1n) is 6.18. The molecule has 1 unspecified atom stereocenters. The maximum absolute atomic E-state index is 5.68. The van der Waals surface area contributed by atoms with E-state index in [1.54, 1.807) is 0 Å². The number of nitrogens with one attached hydrogen (secondary N) is 1. The molecule has 16 heavy (non-hydrogen) atoms. The maximum atomic E-state index is 5.68. The first kappa shape index (κ1) is 11.6. The quantitative estimate of drug-likeness (QED) is 0.606. The number of hydrogen-bond acceptors (Lipinski definition) is 3. The van der Waals surface area contributed by atoms with Crippen molar-refractivity contribution in [2.24, 2.45) is 17.7 Å². The zero-order valence-electron chi connectivity index (χ0n) is 9.89. The van der Waals surface area contributed by atoms with Gasteiger partial charge in [0, 0.05) is 6.20 Å². The van der Waals surface area contributed by atoms with E-state index in [-0.39, 0.29) is 6.04 Å². The van der Waals surface area contributed by atoms with Crippen molar-refractivity contribution in [2.75, 3.05) is 0 Å². The molecule has 0 aliphatic heterocycles. The second kappa shape index (κ2) is 5.41. The largest absolute Gasteiger partial charge is 0.271 e. The fourth-order valence-corrected chi connectivity index (χ4v) is 2.64. The van der Waals surface area contributed by atoms with Crippen LogP contribution in [0.3, 0.4) is 0 Å². The molecule has 88 valence electrons. The second-order valence-electron chi connectivity index (χ2n) is 4.92. The molecule has 3 N–H and O–H groups in total. The van der Waals surface area contributed by atoms with Gasteiger partial charge in [0.05, 0.1) is 11.7 Å². The van der Waals surface area contributed by atoms with Gasteiger partial charge in [-0.15, -0.1) is 0 Å². The summed E-state index contributed by atoms with van der Waals surface area (Å²) in [5.74, 6) is 7.19. The highest BCUT2D eigenvalue weighted by Crippen LogP contribution is 2.35. The summed E-state index contributed by atoms with van der Waals surface area (Å²) in [4.78, 5) is 4.40. The molecule has 1 atom stereocenters. The third-order valence-electron chi connectivity index (χ3n) is 3.72. The third-order valence-corrected chi connectivity index (χ3v) is 3.72. The van der Waals surface area contributed by atoms with Crippen LogP contribution in [0.5, 0.6) is 0 Å². The lowest BCUT2D eigenvalue weighted by molar-refractivity contribution is 0.229. The SMILES string of the molecule is CC1CCC(C(NN)c2ccccn2)CC1. The summed E-state index contributed by atoms with van der Waals surface area (Å²) in [6.07, 6.45) is 6.98. The minimum Gasteiger partial charge on any atom is -0.271 e. The van der Waals surface area contributed by atoms with E-state index in [4.69, 9.17) is 5.84 Å². The number of nitrogens with two attached hydrogens (primary N) is 1. The summed E-state index contributed by atoms with van der Waals surface area (Å²) in [6, 6.07) is 6.24. The molecule has 0 radical (unpaired) electrons. The lowest BCUT2D eigenvalue weighted by Gasteiger charge is -2.31. The van der Waals surface area contributed by atoms with Crippen molar-refractivity contribution in [2.45, 2.75) is 38.6 Å². The van der Waals surface area contributed by atoms with E-state index >= 15 is 0 Å². The lowest BCUT2D eigenvalue weighted by Crippen LogP contribution is -2.35. The van der Waals surface area contributed by atoms with E-state index in [2.05, 4.69) is 23.4 Å². The molecule has 3 nitrogen and oxygen atoms in total. The van der Waals surface area contributed by atoms with Crippen LogP contribution in [0.25, 0.3) is 0 Å². The first-order chi connectivity index (χ1) is 7.81. The van der Waals surface area contributed by atoms with Gasteiger partial charge in [-0.1, -0.05) is 25.8 Å². The predicted molar refractivity (Wildman–Crippen MR) is 65.4 cm³/mol. The number of aromatic nitrogens is 1. The summed E-state index contributed by atoms with van der Waals surface area (Å²) in [6.45, 7) is 2.34. The zero-order chi connectivity index (χ0) is 11.4. The molecule has 0 amide bonds. The first-order valence-corrected chi connectivity index (χ1v) is 6.18. The van der Waals surface area contributed by atoms with Gasteiger partial charge in [-0.2, -0.15) is 0 Å². The molecule has 1 fully saturated rings. The Morgan fingerprint density at radius 2 is 2.06 bits per heavy atom. The minimum atomic E-state index is 0.216. The number of pyridine rings is 1. The number of hydrogen-bond donors (Lipinski definition) is 2. The van der Waals surface area contributed by atoms with Gasteiger partial charge < -0.3 is 0 Å². The Morgan fingerprint density at radius 1 is 1.31 bits per heavy atom. The van der Waals surface area contributed by atoms with Gasteiger partial charge in [0.2, 0.25) is 0 Å². The van der Waals surface area contributed by atoms with Crippen molar-refractivity contribution >= 4 is 0 Å². The van der Waals surface area contributed by atoms with Crippen LogP contribution in [0.15, 0.2) is 24.4 Å². The Hall–Kier alpha value is -0.930. The summed E-state index contributed by atoms with van der Waals surface area (Å²) in [5.41, 5.74) is 4.01. The smallest absolute Gasteiger partial charge is 0.0660 e. The molecule has 0 aromatic carbocycles. The van der Waals surface area contributed by atoms with Crippen molar-refractivity contribution in [3.05, 3.63) is 30.1 Å². The molecule has 1 aromatic rings. The number of rotatable bonds is 3. The number of nitrogens with zero attached hydrogens (tertiary/aromatic N) is 1. The molecule has 1 aromatic heterocycles. The normalized spacial score (nSPS) is 27.6. The Labute approximate surface area is 97.4 Å². The van der Waals surface area contributed by atoms with Crippen molar-refractivity contribution < 1.29 is 0 Å². The Balaban J connectivity index is 2.05. The van der Waals surface area contributed by atoms with Gasteiger partial charge in [0.25, 0.3) is 0 Å². The molecule has 3 heteroatoms. The topological polar surface area (TPSA) is 50.9 Å². The van der Waals surface area contributed by atoms with Gasteiger partial charge in [0.1, 0.15) is 0 Å². The monoisotopic (exact) mass is 219 g/mol. The molecular formula is C13H21N3. The van der Waals surface area contributed by atoms with Crippen molar-refractivity contribution in [1.29, 1.82) is 0 Å². The summed E-state index contributed by atoms with van der Waals surface area (Å²) >= 11 is 0. The Bertz CT molecular complexity index is 304. The molecule has 0 saturated heterocycles. The van der Waals surface area contributed by atoms with Gasteiger partial charge in [-0.05, 0) is 36.8 Å². The molecule has 0 bridgehead atoms. The van der Waals surface area contributed by atoms with Gasteiger partial charge in [-0.25, -0.2) is 0 Å². The molecular weight excluding hydrogens is 198 g/mol. The van der Waals surface area contributed by atoms with Crippen LogP contribution in [0.4, 0.5) is 0 Å². The van der Waals surface area contributed by atoms with Crippen molar-refractivity contribution in [3.63, 3.8) is 0 Å². The lowest BCUT2D eigenvalue weighted by atomic mass is 9.78. The summed E-state index contributed by atoms with van der Waals surface area (Å²) in [5, 5.41) is 0. The predicted octanol–water partition coefficient (Wildman–Crippen LogP) is 2.41. The molecule has 1 heterocycles.